The average Bonchev–Trinajstić information content (AvgIpc) is 2.63. The summed E-state index contributed by atoms with van der Waals surface area (Å²) < 4.78 is 0. The lowest BCUT2D eigenvalue weighted by Crippen LogP contribution is -2.39. The van der Waals surface area contributed by atoms with E-state index in [0.717, 1.165) is 18.2 Å². The van der Waals surface area contributed by atoms with Gasteiger partial charge in [-0.1, -0.05) is 0 Å². The largest absolute Gasteiger partial charge is 0.394 e. The van der Waals surface area contributed by atoms with Crippen molar-refractivity contribution in [2.75, 3.05) is 6.61 Å². The monoisotopic (exact) mass is 351 g/mol. The Bertz CT molecular complexity index is 710. The van der Waals surface area contributed by atoms with Gasteiger partial charge in [-0.25, -0.2) is 0 Å². The van der Waals surface area contributed by atoms with Crippen LogP contribution in [0.1, 0.15) is 20.7 Å². The van der Waals surface area contributed by atoms with Crippen LogP contribution >= 0.6 is 0 Å². The number of amides is 2. The first-order valence-electron chi connectivity index (χ1n) is 6.74. The zero-order chi connectivity index (χ0) is 19.0. The minimum absolute atomic E-state index is 0.159. The van der Waals surface area contributed by atoms with Gasteiger partial charge in [-0.05, 0) is 6.07 Å². The number of rotatable bonds is 9. The molecular weight excluding hydrogens is 338 g/mol. The molecule has 0 spiro atoms. The lowest BCUT2D eigenvalue weighted by Gasteiger charge is -2.11. The normalized spacial score (nSPS) is 11.3. The first-order valence-corrected chi connectivity index (χ1v) is 6.74. The van der Waals surface area contributed by atoms with E-state index in [1.165, 1.54) is 0 Å². The summed E-state index contributed by atoms with van der Waals surface area (Å²) in [5.74, 6) is -1.93. The SMILES string of the molecule is O=CC(C=O)NC(=O)c1cc(C(=O)NC(C=O)CO)cc([N+](=O)[O-])c1. The van der Waals surface area contributed by atoms with E-state index in [4.69, 9.17) is 5.11 Å². The molecule has 1 atom stereocenters. The highest BCUT2D eigenvalue weighted by atomic mass is 16.6. The quantitative estimate of drug-likeness (QED) is 0.206. The van der Waals surface area contributed by atoms with Crippen LogP contribution in [0.5, 0.6) is 0 Å². The third-order valence-corrected chi connectivity index (χ3v) is 2.92. The van der Waals surface area contributed by atoms with E-state index in [9.17, 15) is 34.1 Å². The first-order chi connectivity index (χ1) is 11.9. The first kappa shape index (κ1) is 19.6. The fourth-order valence-electron chi connectivity index (χ4n) is 1.69. The Morgan fingerprint density at radius 3 is 1.96 bits per heavy atom. The van der Waals surface area contributed by atoms with Gasteiger partial charge in [0.05, 0.1) is 11.5 Å². The van der Waals surface area contributed by atoms with Gasteiger partial charge in [0.15, 0.2) is 0 Å². The number of nitro groups is 1. The van der Waals surface area contributed by atoms with Gasteiger partial charge >= 0.3 is 0 Å². The number of benzene rings is 1. The molecule has 0 aromatic heterocycles. The van der Waals surface area contributed by atoms with Crippen LogP contribution in [0.15, 0.2) is 18.2 Å². The predicted molar refractivity (Wildman–Crippen MR) is 80.9 cm³/mol. The van der Waals surface area contributed by atoms with Gasteiger partial charge < -0.3 is 30.1 Å². The van der Waals surface area contributed by atoms with Crippen LogP contribution in [0.25, 0.3) is 0 Å². The molecule has 132 valence electrons. The van der Waals surface area contributed by atoms with Crippen LogP contribution < -0.4 is 10.6 Å². The van der Waals surface area contributed by atoms with E-state index in [-0.39, 0.29) is 30.0 Å². The zero-order valence-electron chi connectivity index (χ0n) is 12.6. The molecule has 0 aliphatic rings. The van der Waals surface area contributed by atoms with Crippen molar-refractivity contribution in [3.05, 3.63) is 39.4 Å². The summed E-state index contributed by atoms with van der Waals surface area (Å²) >= 11 is 0. The molecule has 0 bridgehead atoms. The molecule has 0 aliphatic heterocycles. The van der Waals surface area contributed by atoms with E-state index in [1.807, 2.05) is 5.32 Å². The molecule has 11 heteroatoms. The van der Waals surface area contributed by atoms with E-state index in [2.05, 4.69) is 5.32 Å². The number of aldehydes is 3. The topological polar surface area (TPSA) is 173 Å². The maximum absolute atomic E-state index is 12.0. The average molecular weight is 351 g/mol. The Morgan fingerprint density at radius 2 is 1.56 bits per heavy atom. The highest BCUT2D eigenvalue weighted by molar-refractivity contribution is 6.03. The standard InChI is InChI=1S/C14H13N3O8/c18-4-10(5-19)15-13(22)8-1-9(3-12(2-8)17(24)25)14(23)16-11(6-20)7-21/h1-6,10-11,21H,7H2,(H,15,22)(H,16,23). The maximum Gasteiger partial charge on any atom is 0.271 e. The molecule has 2 amide bonds. The zero-order valence-corrected chi connectivity index (χ0v) is 12.6. The molecular formula is C14H13N3O8. The van der Waals surface area contributed by atoms with Gasteiger partial charge in [0.2, 0.25) is 0 Å². The molecule has 1 rings (SSSR count). The number of hydrogen-bond acceptors (Lipinski definition) is 8. The second-order valence-electron chi connectivity index (χ2n) is 4.70. The number of nitro benzene ring substituents is 1. The Balaban J connectivity index is 3.20. The number of non-ortho nitro benzene ring substituents is 1. The molecule has 25 heavy (non-hydrogen) atoms. The molecule has 11 nitrogen and oxygen atoms in total. The molecule has 0 fully saturated rings. The number of carbonyl (C=O) groups excluding carboxylic acids is 5. The van der Waals surface area contributed by atoms with Gasteiger partial charge in [0, 0.05) is 23.3 Å². The van der Waals surface area contributed by atoms with Crippen molar-refractivity contribution in [1.82, 2.24) is 10.6 Å². The van der Waals surface area contributed by atoms with Crippen LogP contribution in [-0.2, 0) is 14.4 Å². The van der Waals surface area contributed by atoms with Gasteiger partial charge in [0.25, 0.3) is 17.5 Å². The summed E-state index contributed by atoms with van der Waals surface area (Å²) in [5, 5.41) is 23.9. The summed E-state index contributed by atoms with van der Waals surface area (Å²) in [6.45, 7) is -0.683. The fourth-order valence-corrected chi connectivity index (χ4v) is 1.69. The lowest BCUT2D eigenvalue weighted by atomic mass is 10.1. The molecule has 0 saturated heterocycles. The summed E-state index contributed by atoms with van der Waals surface area (Å²) in [7, 11) is 0. The van der Waals surface area contributed by atoms with Gasteiger partial charge in [0.1, 0.15) is 30.9 Å². The van der Waals surface area contributed by atoms with Crippen molar-refractivity contribution in [2.45, 2.75) is 12.1 Å². The van der Waals surface area contributed by atoms with Crippen LogP contribution in [0.3, 0.4) is 0 Å². The smallest absolute Gasteiger partial charge is 0.271 e. The van der Waals surface area contributed by atoms with Crippen molar-refractivity contribution in [3.8, 4) is 0 Å². The van der Waals surface area contributed by atoms with Crippen molar-refractivity contribution >= 4 is 36.4 Å². The van der Waals surface area contributed by atoms with E-state index in [1.54, 1.807) is 0 Å². The van der Waals surface area contributed by atoms with Crippen LogP contribution in [0.4, 0.5) is 5.69 Å². The summed E-state index contributed by atoms with van der Waals surface area (Å²) in [6, 6.07) is 0.0184. The van der Waals surface area contributed by atoms with E-state index >= 15 is 0 Å². The summed E-state index contributed by atoms with van der Waals surface area (Å²) in [4.78, 5) is 65.8. The molecule has 0 saturated carbocycles. The van der Waals surface area contributed by atoms with Crippen molar-refractivity contribution < 1.29 is 34.0 Å². The predicted octanol–water partition coefficient (Wildman–Crippen LogP) is -1.62. The summed E-state index contributed by atoms with van der Waals surface area (Å²) in [5.41, 5.74) is -1.27. The Labute approximate surface area is 140 Å². The third-order valence-electron chi connectivity index (χ3n) is 2.92. The van der Waals surface area contributed by atoms with E-state index < -0.39 is 41.1 Å². The minimum atomic E-state index is -1.45. The molecule has 1 aromatic rings. The van der Waals surface area contributed by atoms with Crippen LogP contribution in [0.2, 0.25) is 0 Å². The fraction of sp³-hybridized carbons (Fsp3) is 0.214. The van der Waals surface area contributed by atoms with Crippen LogP contribution in [0, 0.1) is 10.1 Å². The minimum Gasteiger partial charge on any atom is -0.394 e. The van der Waals surface area contributed by atoms with Crippen molar-refractivity contribution in [2.24, 2.45) is 0 Å². The van der Waals surface area contributed by atoms with E-state index in [0.29, 0.717) is 0 Å². The van der Waals surface area contributed by atoms with Gasteiger partial charge in [-0.2, -0.15) is 0 Å². The Morgan fingerprint density at radius 1 is 1.04 bits per heavy atom. The molecule has 1 aromatic carbocycles. The Kier molecular flexibility index (Phi) is 7.03. The molecule has 0 heterocycles. The maximum atomic E-state index is 12.0. The number of nitrogens with zero attached hydrogens (tertiary/aromatic N) is 1. The number of hydrogen-bond donors (Lipinski definition) is 3. The van der Waals surface area contributed by atoms with Crippen LogP contribution in [-0.4, -0.2) is 59.4 Å². The number of nitrogens with one attached hydrogen (secondary N) is 2. The molecule has 1 unspecified atom stereocenters. The number of aliphatic hydroxyl groups is 1. The molecule has 3 N–H and O–H groups in total. The highest BCUT2D eigenvalue weighted by Crippen LogP contribution is 2.17. The number of carbonyl (C=O) groups is 5. The van der Waals surface area contributed by atoms with Gasteiger partial charge in [-0.3, -0.25) is 19.7 Å². The molecule has 0 aliphatic carbocycles. The summed E-state index contributed by atoms with van der Waals surface area (Å²) in [6.07, 6.45) is 0.583. The Hall–Kier alpha value is -3.47. The van der Waals surface area contributed by atoms with Gasteiger partial charge in [-0.15, -0.1) is 0 Å². The lowest BCUT2D eigenvalue weighted by molar-refractivity contribution is -0.384. The second-order valence-corrected chi connectivity index (χ2v) is 4.70. The number of aliphatic hydroxyl groups excluding tert-OH is 1. The highest BCUT2D eigenvalue weighted by Gasteiger charge is 2.21. The second kappa shape index (κ2) is 8.98. The van der Waals surface area contributed by atoms with Crippen molar-refractivity contribution in [3.63, 3.8) is 0 Å². The third kappa shape index (κ3) is 5.28. The van der Waals surface area contributed by atoms with Crippen molar-refractivity contribution in [1.29, 1.82) is 0 Å². The molecule has 0 radical (unpaired) electrons.